The van der Waals surface area contributed by atoms with Crippen LogP contribution in [0, 0.1) is 0 Å². The lowest BCUT2D eigenvalue weighted by atomic mass is 10.2. The van der Waals surface area contributed by atoms with Crippen molar-refractivity contribution in [3.63, 3.8) is 0 Å². The van der Waals surface area contributed by atoms with Crippen LogP contribution in [0.2, 0.25) is 0 Å². The number of carbonyl (C=O) groups is 1. The molecule has 6 nitrogen and oxygen atoms in total. The lowest BCUT2D eigenvalue weighted by Crippen LogP contribution is -2.26. The van der Waals surface area contributed by atoms with Crippen molar-refractivity contribution < 1.29 is 31.1 Å². The van der Waals surface area contributed by atoms with Gasteiger partial charge in [0.05, 0.1) is 16.3 Å². The summed E-state index contributed by atoms with van der Waals surface area (Å²) in [5.74, 6) is -0.768. The Bertz CT molecular complexity index is 1180. The number of nitrogens with zero attached hydrogens (tertiary/aromatic N) is 1. The summed E-state index contributed by atoms with van der Waals surface area (Å²) < 4.78 is 68.8. The van der Waals surface area contributed by atoms with Gasteiger partial charge in [-0.05, 0) is 48.5 Å². The maximum atomic E-state index is 12.8. The fraction of sp³-hybridized carbons (Fsp3) is 0.136. The summed E-state index contributed by atoms with van der Waals surface area (Å²) in [6, 6.07) is 19.4. The molecule has 1 amide bonds. The highest BCUT2D eigenvalue weighted by Gasteiger charge is 2.29. The third-order valence-corrected chi connectivity index (χ3v) is 6.22. The van der Waals surface area contributed by atoms with Gasteiger partial charge in [-0.3, -0.25) is 9.10 Å². The Morgan fingerprint density at radius 1 is 0.938 bits per heavy atom. The SMILES string of the molecule is CN(c1ccccc1)S(=O)(=O)c1ccc(C(=O)Nc2ccccc2OCC(F)(F)F)cc1. The molecule has 0 radical (unpaired) electrons. The van der Waals surface area contributed by atoms with Crippen molar-refractivity contribution in [2.45, 2.75) is 11.1 Å². The van der Waals surface area contributed by atoms with Gasteiger partial charge in [-0.15, -0.1) is 0 Å². The maximum absolute atomic E-state index is 12.8. The molecule has 1 N–H and O–H groups in total. The molecule has 0 aliphatic rings. The number of alkyl halides is 3. The molecule has 0 heterocycles. The molecule has 3 aromatic rings. The van der Waals surface area contributed by atoms with Crippen LogP contribution < -0.4 is 14.4 Å². The largest absolute Gasteiger partial charge is 0.482 e. The Kier molecular flexibility index (Phi) is 6.73. The first kappa shape index (κ1) is 23.1. The van der Waals surface area contributed by atoms with E-state index in [1.165, 1.54) is 55.6 Å². The van der Waals surface area contributed by atoms with Gasteiger partial charge in [-0.1, -0.05) is 30.3 Å². The van der Waals surface area contributed by atoms with E-state index in [-0.39, 0.29) is 21.9 Å². The number of anilines is 2. The summed E-state index contributed by atoms with van der Waals surface area (Å²) in [6.45, 7) is -1.50. The highest BCUT2D eigenvalue weighted by atomic mass is 32.2. The maximum Gasteiger partial charge on any atom is 0.422 e. The first-order valence-corrected chi connectivity index (χ1v) is 10.8. The van der Waals surface area contributed by atoms with Gasteiger partial charge in [0.2, 0.25) is 0 Å². The first-order valence-electron chi connectivity index (χ1n) is 9.32. The summed E-state index contributed by atoms with van der Waals surface area (Å²) in [6.07, 6.45) is -4.52. The fourth-order valence-electron chi connectivity index (χ4n) is 2.76. The third kappa shape index (κ3) is 5.58. The number of sulfonamides is 1. The second-order valence-electron chi connectivity index (χ2n) is 6.69. The number of benzene rings is 3. The van der Waals surface area contributed by atoms with Gasteiger partial charge in [-0.25, -0.2) is 8.42 Å². The van der Waals surface area contributed by atoms with Crippen LogP contribution in [0.4, 0.5) is 24.5 Å². The molecule has 0 unspecified atom stereocenters. The monoisotopic (exact) mass is 464 g/mol. The second-order valence-corrected chi connectivity index (χ2v) is 8.66. The van der Waals surface area contributed by atoms with E-state index >= 15 is 0 Å². The second kappa shape index (κ2) is 9.31. The van der Waals surface area contributed by atoms with Crippen molar-refractivity contribution in [3.8, 4) is 5.75 Å². The summed E-state index contributed by atoms with van der Waals surface area (Å²) in [4.78, 5) is 12.5. The lowest BCUT2D eigenvalue weighted by molar-refractivity contribution is -0.153. The van der Waals surface area contributed by atoms with Crippen LogP contribution in [0.15, 0.2) is 83.8 Å². The van der Waals surface area contributed by atoms with Crippen LogP contribution in [0.25, 0.3) is 0 Å². The summed E-state index contributed by atoms with van der Waals surface area (Å²) in [5.41, 5.74) is 0.656. The molecule has 0 atom stereocenters. The van der Waals surface area contributed by atoms with Gasteiger partial charge in [0, 0.05) is 12.6 Å². The fourth-order valence-corrected chi connectivity index (χ4v) is 3.96. The molecule has 0 bridgehead atoms. The molecule has 0 saturated heterocycles. The van der Waals surface area contributed by atoms with E-state index < -0.39 is 28.7 Å². The predicted molar refractivity (Wildman–Crippen MR) is 114 cm³/mol. The number of para-hydroxylation sites is 3. The topological polar surface area (TPSA) is 75.7 Å². The van der Waals surface area contributed by atoms with Crippen LogP contribution in [0.3, 0.4) is 0 Å². The molecular formula is C22H19F3N2O4S. The van der Waals surface area contributed by atoms with Crippen LogP contribution in [-0.4, -0.2) is 34.2 Å². The number of ether oxygens (including phenoxy) is 1. The predicted octanol–water partition coefficient (Wildman–Crippen LogP) is 4.71. The molecule has 0 aliphatic heterocycles. The molecule has 0 fully saturated rings. The Labute approximate surface area is 183 Å². The number of nitrogens with one attached hydrogen (secondary N) is 1. The number of halogens is 3. The molecule has 3 rings (SSSR count). The van der Waals surface area contributed by atoms with Crippen LogP contribution in [0.1, 0.15) is 10.4 Å². The van der Waals surface area contributed by atoms with Crippen molar-refractivity contribution in [2.24, 2.45) is 0 Å². The molecular weight excluding hydrogens is 445 g/mol. The van der Waals surface area contributed by atoms with E-state index in [1.54, 1.807) is 30.3 Å². The van der Waals surface area contributed by atoms with Gasteiger partial charge < -0.3 is 10.1 Å². The van der Waals surface area contributed by atoms with E-state index in [2.05, 4.69) is 5.32 Å². The highest BCUT2D eigenvalue weighted by Crippen LogP contribution is 2.27. The molecule has 10 heteroatoms. The van der Waals surface area contributed by atoms with Crippen molar-refractivity contribution in [1.29, 1.82) is 0 Å². The van der Waals surface area contributed by atoms with E-state index in [4.69, 9.17) is 4.74 Å². The van der Waals surface area contributed by atoms with Gasteiger partial charge in [0.25, 0.3) is 15.9 Å². The number of hydrogen-bond acceptors (Lipinski definition) is 4. The number of amides is 1. The minimum Gasteiger partial charge on any atom is -0.482 e. The van der Waals surface area contributed by atoms with Gasteiger partial charge in [0.15, 0.2) is 6.61 Å². The van der Waals surface area contributed by atoms with E-state index in [1.807, 2.05) is 0 Å². The lowest BCUT2D eigenvalue weighted by Gasteiger charge is -2.19. The van der Waals surface area contributed by atoms with Crippen molar-refractivity contribution in [2.75, 3.05) is 23.3 Å². The molecule has 0 saturated carbocycles. The zero-order valence-electron chi connectivity index (χ0n) is 16.8. The Balaban J connectivity index is 1.75. The Morgan fingerprint density at radius 2 is 1.53 bits per heavy atom. The van der Waals surface area contributed by atoms with Crippen molar-refractivity contribution >= 4 is 27.3 Å². The van der Waals surface area contributed by atoms with Gasteiger partial charge in [-0.2, -0.15) is 13.2 Å². The van der Waals surface area contributed by atoms with Crippen LogP contribution >= 0.6 is 0 Å². The van der Waals surface area contributed by atoms with E-state index in [0.717, 1.165) is 4.31 Å². The number of hydrogen-bond donors (Lipinski definition) is 1. The number of rotatable bonds is 7. The molecule has 0 aliphatic carbocycles. The van der Waals surface area contributed by atoms with Crippen molar-refractivity contribution in [3.05, 3.63) is 84.4 Å². The standard InChI is InChI=1S/C22H19F3N2O4S/c1-27(17-7-3-2-4-8-17)32(29,30)18-13-11-16(12-14-18)21(28)26-19-9-5-6-10-20(19)31-15-22(23,24)25/h2-14H,15H2,1H3,(H,26,28). The smallest absolute Gasteiger partial charge is 0.422 e. The average Bonchev–Trinajstić information content (AvgIpc) is 2.78. The van der Waals surface area contributed by atoms with Gasteiger partial charge in [0.1, 0.15) is 5.75 Å². The Hall–Kier alpha value is -3.53. The molecule has 32 heavy (non-hydrogen) atoms. The van der Waals surface area contributed by atoms with Crippen molar-refractivity contribution in [1.82, 2.24) is 0 Å². The zero-order chi connectivity index (χ0) is 23.4. The van der Waals surface area contributed by atoms with E-state index in [0.29, 0.717) is 5.69 Å². The quantitative estimate of drug-likeness (QED) is 0.550. The highest BCUT2D eigenvalue weighted by molar-refractivity contribution is 7.92. The average molecular weight is 464 g/mol. The third-order valence-electron chi connectivity index (χ3n) is 4.42. The van der Waals surface area contributed by atoms with Gasteiger partial charge >= 0.3 is 6.18 Å². The zero-order valence-corrected chi connectivity index (χ0v) is 17.7. The van der Waals surface area contributed by atoms with Crippen LogP contribution in [0.5, 0.6) is 5.75 Å². The molecule has 168 valence electrons. The summed E-state index contributed by atoms with van der Waals surface area (Å²) in [5, 5.41) is 2.48. The molecule has 0 aromatic heterocycles. The molecule has 0 spiro atoms. The summed E-state index contributed by atoms with van der Waals surface area (Å²) >= 11 is 0. The minimum absolute atomic E-state index is 0.0192. The minimum atomic E-state index is -4.52. The number of carbonyl (C=O) groups excluding carboxylic acids is 1. The van der Waals surface area contributed by atoms with Crippen LogP contribution in [-0.2, 0) is 10.0 Å². The van der Waals surface area contributed by atoms with E-state index in [9.17, 15) is 26.4 Å². The Morgan fingerprint density at radius 3 is 2.16 bits per heavy atom. The first-order chi connectivity index (χ1) is 15.1. The normalized spacial score (nSPS) is 11.6. The summed E-state index contributed by atoms with van der Waals surface area (Å²) in [7, 11) is -2.43. The molecule has 3 aromatic carbocycles.